The lowest BCUT2D eigenvalue weighted by atomic mass is 10.0. The van der Waals surface area contributed by atoms with Crippen LogP contribution in [0.25, 0.3) is 0 Å². The molecule has 0 aromatic carbocycles. The molecule has 0 aromatic heterocycles. The smallest absolute Gasteiger partial charge is 0.463 e. The van der Waals surface area contributed by atoms with Crippen LogP contribution >= 0.6 is 15.6 Å². The van der Waals surface area contributed by atoms with E-state index in [9.17, 15) is 43.5 Å². The number of esters is 3. The maximum atomic E-state index is 12.9. The number of carbonyl (C=O) groups is 3. The molecule has 0 aliphatic rings. The number of aliphatic hydroxyl groups excluding tert-OH is 2. The largest absolute Gasteiger partial charge is 0.472 e. The molecule has 0 fully saturated rings. The highest BCUT2D eigenvalue weighted by Crippen LogP contribution is 2.45. The van der Waals surface area contributed by atoms with E-state index in [1.807, 2.05) is 12.2 Å². The Kier molecular flexibility index (Phi) is 70.9. The minimum Gasteiger partial charge on any atom is -0.463 e. The van der Waals surface area contributed by atoms with E-state index in [0.717, 1.165) is 148 Å². The molecule has 0 aromatic rings. The van der Waals surface area contributed by atoms with Crippen LogP contribution in [0.1, 0.15) is 278 Å². The molecule has 101 heavy (non-hydrogen) atoms. The van der Waals surface area contributed by atoms with Crippen molar-refractivity contribution < 1.29 is 75.8 Å². The number of phosphoric ester groups is 2. The van der Waals surface area contributed by atoms with E-state index in [1.54, 1.807) is 0 Å². The number of allylic oxidation sites excluding steroid dienone is 28. The number of rotatable bonds is 71. The molecule has 0 aliphatic heterocycles. The minimum atomic E-state index is -4.95. The molecule has 0 saturated carbocycles. The normalized spacial score (nSPS) is 15.0. The van der Waals surface area contributed by atoms with Crippen LogP contribution in [0, 0.1) is 0 Å². The summed E-state index contributed by atoms with van der Waals surface area (Å²) in [6.07, 6.45) is 94.3. The molecule has 16 nitrogen and oxygen atoms in total. The van der Waals surface area contributed by atoms with Crippen molar-refractivity contribution in [2.24, 2.45) is 0 Å². The average molecular weight is 1450 g/mol. The van der Waals surface area contributed by atoms with E-state index in [0.29, 0.717) is 25.7 Å². The van der Waals surface area contributed by atoms with Gasteiger partial charge >= 0.3 is 33.6 Å². The zero-order valence-electron chi connectivity index (χ0n) is 62.5. The number of phosphoric acid groups is 2. The van der Waals surface area contributed by atoms with Crippen molar-refractivity contribution in [2.75, 3.05) is 39.6 Å². The maximum Gasteiger partial charge on any atom is 0.472 e. The van der Waals surface area contributed by atoms with Gasteiger partial charge in [-0.3, -0.25) is 32.5 Å². The molecule has 18 heteroatoms. The van der Waals surface area contributed by atoms with Gasteiger partial charge in [0, 0.05) is 19.3 Å². The first-order valence-corrected chi connectivity index (χ1v) is 41.4. The molecule has 0 radical (unpaired) electrons. The number of hydrogen-bond acceptors (Lipinski definition) is 14. The predicted octanol–water partition coefficient (Wildman–Crippen LogP) is 22.4. The monoisotopic (exact) mass is 1450 g/mol. The van der Waals surface area contributed by atoms with E-state index in [-0.39, 0.29) is 19.3 Å². The Bertz CT molecular complexity index is 2520. The molecular weight excluding hydrogens is 1310 g/mol. The summed E-state index contributed by atoms with van der Waals surface area (Å²) in [7, 11) is -9.82. The van der Waals surface area contributed by atoms with Crippen molar-refractivity contribution in [2.45, 2.75) is 296 Å². The molecule has 0 spiro atoms. The molecule has 0 saturated heterocycles. The lowest BCUT2D eigenvalue weighted by Gasteiger charge is -2.21. The fraction of sp³-hybridized carbons (Fsp3) is 0.627. The van der Waals surface area contributed by atoms with E-state index in [1.165, 1.54) is 64.2 Å². The quantitative estimate of drug-likeness (QED) is 0.0146. The second kappa shape index (κ2) is 74.6. The highest BCUT2D eigenvalue weighted by Gasteiger charge is 2.29. The van der Waals surface area contributed by atoms with Gasteiger partial charge in [-0.05, 0) is 141 Å². The number of ether oxygens (including phenoxy) is 3. The van der Waals surface area contributed by atoms with Crippen LogP contribution in [-0.4, -0.2) is 95.9 Å². The summed E-state index contributed by atoms with van der Waals surface area (Å²) in [6.45, 7) is 2.23. The Morgan fingerprint density at radius 2 is 0.505 bits per heavy atom. The van der Waals surface area contributed by atoms with Crippen LogP contribution in [0.3, 0.4) is 0 Å². The van der Waals surface area contributed by atoms with Crippen LogP contribution < -0.4 is 0 Å². The van der Waals surface area contributed by atoms with Crippen LogP contribution in [-0.2, 0) is 55.8 Å². The molecule has 0 rings (SSSR count). The minimum absolute atomic E-state index is 0.0677. The summed E-state index contributed by atoms with van der Waals surface area (Å²) in [5.74, 6) is -1.67. The van der Waals surface area contributed by atoms with Gasteiger partial charge in [-0.1, -0.05) is 287 Å². The Hall–Kier alpha value is -5.09. The number of carbonyl (C=O) groups excluding carboxylic acids is 3. The summed E-state index contributed by atoms with van der Waals surface area (Å²) >= 11 is 0. The fourth-order valence-electron chi connectivity index (χ4n) is 9.68. The average Bonchev–Trinajstić information content (AvgIpc) is 1.12. The highest BCUT2D eigenvalue weighted by molar-refractivity contribution is 7.47. The van der Waals surface area contributed by atoms with Crippen LogP contribution in [0.5, 0.6) is 0 Å². The summed E-state index contributed by atoms with van der Waals surface area (Å²) in [6, 6.07) is 0. The first-order chi connectivity index (χ1) is 49.2. The van der Waals surface area contributed by atoms with E-state index < -0.39 is 91.5 Å². The lowest BCUT2D eigenvalue weighted by Crippen LogP contribution is -2.30. The SMILES string of the molecule is CC/C=C\C/C=C\C/C=C\C/C=C\C/C=C\C/C=C\CCCCCCCCCCCCCCCCC(=O)OCC(O)COP(=O)(O)OCC(O)COP(=O)(O)OCC(COC(=O)CCC/C=C\C/C=C\C/C=C\C/C=C\C/C=C\CC)OC(=O)CCCCCCC/C=C\C/C=C\C/C=C\CC. The topological polar surface area (TPSA) is 231 Å². The standard InChI is InChI=1S/C83H136O16P2/c1-4-7-10-13-16-19-22-25-28-30-31-32-33-34-35-36-37-38-39-40-41-42-43-44-45-47-50-51-54-57-60-63-66-69-81(86)93-72-78(84)73-95-100(89,90)96-74-79(85)75-97-101(91,92)98-77-80(99-83(88)71-68-65-62-59-56-53-48-27-24-21-18-15-12-9-6-3)76-94-82(87)70-67-64-61-58-55-52-49-46-29-26-23-20-17-14-11-8-5-2/h7-12,16-21,25-29,31-32,34-35,37-38,48-49,52,58,61,78-80,84-85H,4-6,13-15,22-24,30,33,36,39-47,50-51,53-57,59-60,62-77H2,1-3H3,(H,89,90)(H,91,92)/b10-7-,11-8-,12-9-,19-16-,20-17-,21-18-,28-25-,29-26-,32-31-,35-34-,38-37-,48-27-,52-49-,61-58-. The maximum absolute atomic E-state index is 12.9. The lowest BCUT2D eigenvalue weighted by molar-refractivity contribution is -0.161. The summed E-state index contributed by atoms with van der Waals surface area (Å²) in [4.78, 5) is 58.5. The number of unbranched alkanes of at least 4 members (excludes halogenated alkanes) is 20. The van der Waals surface area contributed by atoms with Gasteiger partial charge in [0.15, 0.2) is 6.10 Å². The van der Waals surface area contributed by atoms with Crippen LogP contribution in [0.15, 0.2) is 170 Å². The van der Waals surface area contributed by atoms with Gasteiger partial charge in [0.2, 0.25) is 0 Å². The van der Waals surface area contributed by atoms with Gasteiger partial charge in [0.1, 0.15) is 25.4 Å². The molecule has 5 unspecified atom stereocenters. The third kappa shape index (κ3) is 75.9. The van der Waals surface area contributed by atoms with E-state index in [2.05, 4.69) is 179 Å². The van der Waals surface area contributed by atoms with Gasteiger partial charge in [-0.25, -0.2) is 9.13 Å². The third-order valence-corrected chi connectivity index (χ3v) is 17.3. The molecule has 0 heterocycles. The third-order valence-electron chi connectivity index (χ3n) is 15.4. The molecule has 0 bridgehead atoms. The summed E-state index contributed by atoms with van der Waals surface area (Å²) < 4.78 is 61.0. The van der Waals surface area contributed by atoms with Crippen molar-refractivity contribution >= 4 is 33.6 Å². The van der Waals surface area contributed by atoms with Crippen LogP contribution in [0.2, 0.25) is 0 Å². The van der Waals surface area contributed by atoms with Crippen LogP contribution in [0.4, 0.5) is 0 Å². The zero-order valence-corrected chi connectivity index (χ0v) is 64.3. The van der Waals surface area contributed by atoms with Crippen molar-refractivity contribution in [1.82, 2.24) is 0 Å². The molecular formula is C83H136O16P2. The Labute approximate surface area is 612 Å². The first-order valence-electron chi connectivity index (χ1n) is 38.4. The second-order valence-electron chi connectivity index (χ2n) is 25.0. The van der Waals surface area contributed by atoms with Crippen molar-refractivity contribution in [3.8, 4) is 0 Å². The number of hydrogen-bond donors (Lipinski definition) is 4. The van der Waals surface area contributed by atoms with Crippen molar-refractivity contribution in [1.29, 1.82) is 0 Å². The zero-order chi connectivity index (χ0) is 73.7. The van der Waals surface area contributed by atoms with Gasteiger partial charge in [0.25, 0.3) is 0 Å². The van der Waals surface area contributed by atoms with E-state index in [4.69, 9.17) is 32.3 Å². The predicted molar refractivity (Wildman–Crippen MR) is 417 cm³/mol. The molecule has 0 aliphatic carbocycles. The summed E-state index contributed by atoms with van der Waals surface area (Å²) in [5, 5.41) is 20.6. The Balaban J connectivity index is 4.49. The fourth-order valence-corrected chi connectivity index (χ4v) is 11.3. The second-order valence-corrected chi connectivity index (χ2v) is 27.9. The first kappa shape index (κ1) is 95.9. The van der Waals surface area contributed by atoms with Gasteiger partial charge in [0.05, 0.1) is 26.4 Å². The highest BCUT2D eigenvalue weighted by atomic mass is 31.2. The van der Waals surface area contributed by atoms with Crippen molar-refractivity contribution in [3.05, 3.63) is 170 Å². The van der Waals surface area contributed by atoms with Crippen molar-refractivity contribution in [3.63, 3.8) is 0 Å². The molecule has 5 atom stereocenters. The van der Waals surface area contributed by atoms with Gasteiger partial charge in [-0.15, -0.1) is 0 Å². The molecule has 4 N–H and O–H groups in total. The van der Waals surface area contributed by atoms with Gasteiger partial charge < -0.3 is 34.2 Å². The Morgan fingerprint density at radius 3 is 0.822 bits per heavy atom. The van der Waals surface area contributed by atoms with Gasteiger partial charge in [-0.2, -0.15) is 0 Å². The Morgan fingerprint density at radius 1 is 0.277 bits per heavy atom. The van der Waals surface area contributed by atoms with E-state index >= 15 is 0 Å². The molecule has 0 amide bonds. The number of aliphatic hydroxyl groups is 2. The summed E-state index contributed by atoms with van der Waals surface area (Å²) in [5.41, 5.74) is 0. The molecule has 574 valence electrons.